The van der Waals surface area contributed by atoms with Crippen LogP contribution in [0.25, 0.3) is 0 Å². The number of aliphatic hydroxyl groups is 1. The van der Waals surface area contributed by atoms with E-state index in [1.165, 1.54) is 0 Å². The third-order valence-electron chi connectivity index (χ3n) is 4.31. The van der Waals surface area contributed by atoms with Crippen molar-refractivity contribution in [2.45, 2.75) is 32.7 Å². The van der Waals surface area contributed by atoms with Crippen LogP contribution in [-0.4, -0.2) is 24.4 Å². The van der Waals surface area contributed by atoms with Crippen LogP contribution in [0, 0.1) is 5.92 Å². The minimum atomic E-state index is -0.245. The smallest absolute Gasteiger partial charge is 0.0839 e. The van der Waals surface area contributed by atoms with E-state index in [1.807, 2.05) is 6.92 Å². The predicted octanol–water partition coefficient (Wildman–Crippen LogP) is 6.42. The van der Waals surface area contributed by atoms with Crippen LogP contribution in [0.2, 0.25) is 20.1 Å². The molecule has 7 heteroatoms. The van der Waals surface area contributed by atoms with Gasteiger partial charge in [0.05, 0.1) is 25.9 Å². The van der Waals surface area contributed by atoms with E-state index in [9.17, 15) is 5.11 Å². The zero-order valence-electron chi connectivity index (χ0n) is 14.9. The molecular formula is C20H22Cl4O3. The van der Waals surface area contributed by atoms with E-state index < -0.39 is 0 Å². The Morgan fingerprint density at radius 1 is 0.852 bits per heavy atom. The van der Waals surface area contributed by atoms with Crippen LogP contribution in [-0.2, 0) is 22.7 Å². The number of benzene rings is 2. The van der Waals surface area contributed by atoms with Crippen LogP contribution in [0.5, 0.6) is 0 Å². The quantitative estimate of drug-likeness (QED) is 0.452. The summed E-state index contributed by atoms with van der Waals surface area (Å²) in [4.78, 5) is 0. The summed E-state index contributed by atoms with van der Waals surface area (Å²) in [5.74, 6) is 0.0815. The molecule has 1 N–H and O–H groups in total. The third kappa shape index (κ3) is 6.79. The fraction of sp³-hybridized carbons (Fsp3) is 0.400. The standard InChI is InChI=1S/C20H22Cl4O3/c1-13(8-9-25)20(27-11-15-18(23)6-3-7-19(15)24)12-26-10-14-16(21)4-2-5-17(14)22/h2-7,13,20,25H,8-12H2,1H3/t13-,20+/m1/s1. The first-order valence-electron chi connectivity index (χ1n) is 8.60. The van der Waals surface area contributed by atoms with E-state index in [0.29, 0.717) is 33.1 Å². The molecule has 0 aliphatic heterocycles. The van der Waals surface area contributed by atoms with Gasteiger partial charge in [-0.2, -0.15) is 0 Å². The lowest BCUT2D eigenvalue weighted by Crippen LogP contribution is -2.28. The molecule has 148 valence electrons. The SMILES string of the molecule is C[C@H](CCO)[C@H](COCc1c(Cl)cccc1Cl)OCc1c(Cl)cccc1Cl. The van der Waals surface area contributed by atoms with Gasteiger partial charge in [-0.05, 0) is 36.6 Å². The second-order valence-corrected chi connectivity index (χ2v) is 7.88. The highest BCUT2D eigenvalue weighted by molar-refractivity contribution is 6.36. The molecule has 2 atom stereocenters. The molecule has 2 aromatic rings. The minimum Gasteiger partial charge on any atom is -0.396 e. The largest absolute Gasteiger partial charge is 0.396 e. The van der Waals surface area contributed by atoms with Crippen LogP contribution < -0.4 is 0 Å². The summed E-state index contributed by atoms with van der Waals surface area (Å²) >= 11 is 24.8. The van der Waals surface area contributed by atoms with Gasteiger partial charge in [0.15, 0.2) is 0 Å². The summed E-state index contributed by atoms with van der Waals surface area (Å²) in [6, 6.07) is 10.7. The first kappa shape index (κ1) is 22.8. The molecule has 27 heavy (non-hydrogen) atoms. The number of hydrogen-bond acceptors (Lipinski definition) is 3. The van der Waals surface area contributed by atoms with Crippen molar-refractivity contribution in [1.82, 2.24) is 0 Å². The van der Waals surface area contributed by atoms with E-state index in [1.54, 1.807) is 36.4 Å². The van der Waals surface area contributed by atoms with Crippen LogP contribution in [0.4, 0.5) is 0 Å². The number of rotatable bonds is 10. The van der Waals surface area contributed by atoms with Gasteiger partial charge in [0.2, 0.25) is 0 Å². The Morgan fingerprint density at radius 3 is 1.81 bits per heavy atom. The molecule has 0 bridgehead atoms. The Morgan fingerprint density at radius 2 is 1.33 bits per heavy atom. The van der Waals surface area contributed by atoms with Crippen molar-refractivity contribution in [3.63, 3.8) is 0 Å². The molecule has 0 aliphatic carbocycles. The molecule has 0 aliphatic rings. The maximum Gasteiger partial charge on any atom is 0.0839 e. The number of ether oxygens (including phenoxy) is 2. The fourth-order valence-corrected chi connectivity index (χ4v) is 3.59. The zero-order chi connectivity index (χ0) is 19.8. The van der Waals surface area contributed by atoms with Gasteiger partial charge in [0.1, 0.15) is 0 Å². The molecule has 0 fully saturated rings. The Labute approximate surface area is 180 Å². The van der Waals surface area contributed by atoms with Crippen LogP contribution in [0.3, 0.4) is 0 Å². The van der Waals surface area contributed by atoms with Gasteiger partial charge in [0.25, 0.3) is 0 Å². The van der Waals surface area contributed by atoms with Crippen molar-refractivity contribution >= 4 is 46.4 Å². The summed E-state index contributed by atoms with van der Waals surface area (Å²) in [5, 5.41) is 11.5. The average molecular weight is 452 g/mol. The van der Waals surface area contributed by atoms with E-state index in [0.717, 1.165) is 11.1 Å². The first-order valence-corrected chi connectivity index (χ1v) is 10.1. The summed E-state index contributed by atoms with van der Waals surface area (Å²) in [6.07, 6.45) is 0.350. The molecule has 0 saturated heterocycles. The molecule has 0 aromatic heterocycles. The van der Waals surface area contributed by atoms with Crippen molar-refractivity contribution < 1.29 is 14.6 Å². The van der Waals surface area contributed by atoms with Gasteiger partial charge in [-0.15, -0.1) is 0 Å². The second-order valence-electron chi connectivity index (χ2n) is 6.25. The summed E-state index contributed by atoms with van der Waals surface area (Å²) in [7, 11) is 0. The lowest BCUT2D eigenvalue weighted by molar-refractivity contribution is -0.0586. The van der Waals surface area contributed by atoms with E-state index >= 15 is 0 Å². The van der Waals surface area contributed by atoms with Crippen molar-refractivity contribution in [2.24, 2.45) is 5.92 Å². The molecule has 2 rings (SSSR count). The lowest BCUT2D eigenvalue weighted by Gasteiger charge is -2.24. The number of aliphatic hydroxyl groups excluding tert-OH is 1. The third-order valence-corrected chi connectivity index (χ3v) is 5.73. The molecule has 0 radical (unpaired) electrons. The molecule has 0 unspecified atom stereocenters. The monoisotopic (exact) mass is 450 g/mol. The number of hydrogen-bond donors (Lipinski definition) is 1. The molecule has 0 heterocycles. The maximum atomic E-state index is 9.26. The van der Waals surface area contributed by atoms with Gasteiger partial charge < -0.3 is 14.6 Å². The minimum absolute atomic E-state index is 0.0736. The second kappa shape index (κ2) is 11.5. The topological polar surface area (TPSA) is 38.7 Å². The summed E-state index contributed by atoms with van der Waals surface area (Å²) in [6.45, 7) is 2.93. The van der Waals surface area contributed by atoms with Gasteiger partial charge >= 0.3 is 0 Å². The predicted molar refractivity (Wildman–Crippen MR) is 112 cm³/mol. The molecular weight excluding hydrogens is 430 g/mol. The van der Waals surface area contributed by atoms with Crippen LogP contribution in [0.15, 0.2) is 36.4 Å². The highest BCUT2D eigenvalue weighted by Gasteiger charge is 2.20. The van der Waals surface area contributed by atoms with Gasteiger partial charge in [-0.1, -0.05) is 65.5 Å². The lowest BCUT2D eigenvalue weighted by atomic mass is 10.0. The Balaban J connectivity index is 1.99. The van der Waals surface area contributed by atoms with Crippen molar-refractivity contribution in [3.05, 3.63) is 67.6 Å². The highest BCUT2D eigenvalue weighted by atomic mass is 35.5. The van der Waals surface area contributed by atoms with Crippen molar-refractivity contribution in [2.75, 3.05) is 13.2 Å². The van der Waals surface area contributed by atoms with Crippen LogP contribution >= 0.6 is 46.4 Å². The molecule has 3 nitrogen and oxygen atoms in total. The summed E-state index contributed by atoms with van der Waals surface area (Å²) < 4.78 is 11.9. The number of halogens is 4. The Kier molecular flexibility index (Phi) is 9.67. The molecule has 2 aromatic carbocycles. The highest BCUT2D eigenvalue weighted by Crippen LogP contribution is 2.27. The van der Waals surface area contributed by atoms with E-state index in [2.05, 4.69) is 0 Å². The van der Waals surface area contributed by atoms with Gasteiger partial charge in [-0.25, -0.2) is 0 Å². The molecule has 0 saturated carbocycles. The molecule has 0 amide bonds. The molecule has 0 spiro atoms. The van der Waals surface area contributed by atoms with Crippen molar-refractivity contribution in [3.8, 4) is 0 Å². The van der Waals surface area contributed by atoms with E-state index in [-0.39, 0.29) is 31.8 Å². The van der Waals surface area contributed by atoms with Gasteiger partial charge in [0, 0.05) is 37.8 Å². The van der Waals surface area contributed by atoms with Gasteiger partial charge in [-0.3, -0.25) is 0 Å². The van der Waals surface area contributed by atoms with Crippen LogP contribution in [0.1, 0.15) is 24.5 Å². The maximum absolute atomic E-state index is 9.26. The Hall–Kier alpha value is -0.520. The Bertz CT molecular complexity index is 699. The fourth-order valence-electron chi connectivity index (χ4n) is 2.57. The van der Waals surface area contributed by atoms with E-state index in [4.69, 9.17) is 55.9 Å². The average Bonchev–Trinajstić information content (AvgIpc) is 2.62. The van der Waals surface area contributed by atoms with Crippen molar-refractivity contribution in [1.29, 1.82) is 0 Å². The first-order chi connectivity index (χ1) is 12.9. The summed E-state index contributed by atoms with van der Waals surface area (Å²) in [5.41, 5.74) is 1.47. The normalized spacial score (nSPS) is 13.6. The zero-order valence-corrected chi connectivity index (χ0v) is 18.0.